The Morgan fingerprint density at radius 3 is 2.40 bits per heavy atom. The van der Waals surface area contributed by atoms with Crippen LogP contribution in [0.1, 0.15) is 40.0 Å². The second-order valence-corrected chi connectivity index (χ2v) is 4.41. The quantitative estimate of drug-likeness (QED) is 0.464. The van der Waals surface area contributed by atoms with E-state index in [4.69, 9.17) is 16.3 Å². The Labute approximate surface area is 99.7 Å². The molecular formula is C12H26ClNO. The Morgan fingerprint density at radius 2 is 1.87 bits per heavy atom. The summed E-state index contributed by atoms with van der Waals surface area (Å²) >= 11 is 6.29. The average Bonchev–Trinajstić information content (AvgIpc) is 2.25. The molecule has 0 aliphatic rings. The first-order valence-corrected chi connectivity index (χ1v) is 6.62. The van der Waals surface area contributed by atoms with Gasteiger partial charge in [-0.1, -0.05) is 26.7 Å². The van der Waals surface area contributed by atoms with Crippen molar-refractivity contribution in [3.63, 3.8) is 0 Å². The van der Waals surface area contributed by atoms with E-state index in [2.05, 4.69) is 19.2 Å². The summed E-state index contributed by atoms with van der Waals surface area (Å²) in [5.74, 6) is 0.644. The molecule has 1 atom stereocenters. The molecule has 0 radical (unpaired) electrons. The highest BCUT2D eigenvalue weighted by atomic mass is 35.5. The fraction of sp³-hybridized carbons (Fsp3) is 1.00. The summed E-state index contributed by atoms with van der Waals surface area (Å²) in [7, 11) is 0. The molecule has 0 fully saturated rings. The standard InChI is InChI=1S/C12H26ClNO/c1-4-11(5-2)12(13)10-14-8-7-9-15-6-3/h11-12,14H,4-10H2,1-3H3. The minimum absolute atomic E-state index is 0.270. The van der Waals surface area contributed by atoms with Gasteiger partial charge in [-0.3, -0.25) is 0 Å². The van der Waals surface area contributed by atoms with Crippen LogP contribution in [0.4, 0.5) is 0 Å². The van der Waals surface area contributed by atoms with Crippen molar-refractivity contribution in [1.82, 2.24) is 5.32 Å². The molecule has 0 aliphatic heterocycles. The lowest BCUT2D eigenvalue weighted by Crippen LogP contribution is -2.29. The van der Waals surface area contributed by atoms with Gasteiger partial charge >= 0.3 is 0 Å². The maximum atomic E-state index is 6.29. The minimum atomic E-state index is 0.270. The van der Waals surface area contributed by atoms with E-state index in [0.29, 0.717) is 5.92 Å². The highest BCUT2D eigenvalue weighted by Crippen LogP contribution is 2.17. The van der Waals surface area contributed by atoms with Crippen molar-refractivity contribution in [1.29, 1.82) is 0 Å². The lowest BCUT2D eigenvalue weighted by molar-refractivity contribution is 0.144. The van der Waals surface area contributed by atoms with Gasteiger partial charge in [-0.2, -0.15) is 0 Å². The van der Waals surface area contributed by atoms with E-state index in [9.17, 15) is 0 Å². The van der Waals surface area contributed by atoms with Gasteiger partial charge in [0.1, 0.15) is 0 Å². The van der Waals surface area contributed by atoms with Crippen LogP contribution in [0.15, 0.2) is 0 Å². The second-order valence-electron chi connectivity index (χ2n) is 3.85. The van der Waals surface area contributed by atoms with Crippen LogP contribution in [0.5, 0.6) is 0 Å². The normalized spacial score (nSPS) is 13.4. The van der Waals surface area contributed by atoms with Crippen LogP contribution in [-0.2, 0) is 4.74 Å². The Balaban J connectivity index is 3.33. The molecule has 0 saturated carbocycles. The van der Waals surface area contributed by atoms with Crippen molar-refractivity contribution in [2.75, 3.05) is 26.3 Å². The zero-order valence-electron chi connectivity index (χ0n) is 10.4. The lowest BCUT2D eigenvalue weighted by Gasteiger charge is -2.19. The zero-order chi connectivity index (χ0) is 11.5. The van der Waals surface area contributed by atoms with Gasteiger partial charge in [0, 0.05) is 25.1 Å². The smallest absolute Gasteiger partial charge is 0.0488 e. The SMILES string of the molecule is CCOCCCNCC(Cl)C(CC)CC. The Hall–Kier alpha value is 0.210. The number of ether oxygens (including phenoxy) is 1. The van der Waals surface area contributed by atoms with Crippen molar-refractivity contribution in [3.8, 4) is 0 Å². The molecule has 0 spiro atoms. The summed E-state index contributed by atoms with van der Waals surface area (Å²) in [6.45, 7) is 10.0. The second kappa shape index (κ2) is 10.7. The molecule has 3 heteroatoms. The molecule has 1 N–H and O–H groups in total. The first kappa shape index (κ1) is 15.2. The van der Waals surface area contributed by atoms with Crippen molar-refractivity contribution < 1.29 is 4.74 Å². The number of rotatable bonds is 10. The monoisotopic (exact) mass is 235 g/mol. The van der Waals surface area contributed by atoms with Gasteiger partial charge in [0.05, 0.1) is 0 Å². The summed E-state index contributed by atoms with van der Waals surface area (Å²) in [5, 5.41) is 3.65. The van der Waals surface area contributed by atoms with Crippen LogP contribution in [0, 0.1) is 5.92 Å². The van der Waals surface area contributed by atoms with Gasteiger partial charge in [-0.25, -0.2) is 0 Å². The molecule has 0 heterocycles. The number of alkyl halides is 1. The first-order chi connectivity index (χ1) is 7.26. The van der Waals surface area contributed by atoms with Crippen molar-refractivity contribution in [2.45, 2.75) is 45.4 Å². The van der Waals surface area contributed by atoms with Crippen LogP contribution in [0.2, 0.25) is 0 Å². The zero-order valence-corrected chi connectivity index (χ0v) is 11.1. The Bertz CT molecular complexity index is 129. The van der Waals surface area contributed by atoms with Crippen LogP contribution in [0.25, 0.3) is 0 Å². The predicted molar refractivity (Wildman–Crippen MR) is 67.7 cm³/mol. The van der Waals surface area contributed by atoms with Crippen LogP contribution < -0.4 is 5.32 Å². The molecule has 0 saturated heterocycles. The van der Waals surface area contributed by atoms with Gasteiger partial charge in [0.15, 0.2) is 0 Å². The molecule has 1 unspecified atom stereocenters. The average molecular weight is 236 g/mol. The Kier molecular flexibility index (Phi) is 10.9. The third-order valence-electron chi connectivity index (χ3n) is 2.75. The fourth-order valence-electron chi connectivity index (χ4n) is 1.65. The van der Waals surface area contributed by atoms with Gasteiger partial charge in [-0.05, 0) is 25.8 Å². The van der Waals surface area contributed by atoms with Crippen LogP contribution in [-0.4, -0.2) is 31.7 Å². The molecule has 0 aromatic carbocycles. The van der Waals surface area contributed by atoms with Crippen molar-refractivity contribution in [2.24, 2.45) is 5.92 Å². The molecule has 2 nitrogen and oxygen atoms in total. The van der Waals surface area contributed by atoms with Crippen LogP contribution in [0.3, 0.4) is 0 Å². The van der Waals surface area contributed by atoms with Gasteiger partial charge in [-0.15, -0.1) is 11.6 Å². The molecule has 15 heavy (non-hydrogen) atoms. The summed E-state index contributed by atoms with van der Waals surface area (Å²) in [6.07, 6.45) is 3.41. The first-order valence-electron chi connectivity index (χ1n) is 6.18. The molecule has 92 valence electrons. The maximum Gasteiger partial charge on any atom is 0.0488 e. The molecule has 0 aromatic rings. The lowest BCUT2D eigenvalue weighted by atomic mass is 9.99. The summed E-state index contributed by atoms with van der Waals surface area (Å²) in [5.41, 5.74) is 0. The highest BCUT2D eigenvalue weighted by Gasteiger charge is 2.14. The van der Waals surface area contributed by atoms with Crippen molar-refractivity contribution >= 4 is 11.6 Å². The van der Waals surface area contributed by atoms with Gasteiger partial charge in [0.25, 0.3) is 0 Å². The molecule has 0 bridgehead atoms. The topological polar surface area (TPSA) is 21.3 Å². The number of hydrogen-bond acceptors (Lipinski definition) is 2. The van der Waals surface area contributed by atoms with E-state index in [0.717, 1.165) is 32.7 Å². The maximum absolute atomic E-state index is 6.29. The molecular weight excluding hydrogens is 210 g/mol. The minimum Gasteiger partial charge on any atom is -0.382 e. The van der Waals surface area contributed by atoms with E-state index in [-0.39, 0.29) is 5.38 Å². The molecule has 0 aliphatic carbocycles. The van der Waals surface area contributed by atoms with E-state index in [1.807, 2.05) is 6.92 Å². The molecule has 0 amide bonds. The summed E-state index contributed by atoms with van der Waals surface area (Å²) in [6, 6.07) is 0. The number of halogens is 1. The number of hydrogen-bond donors (Lipinski definition) is 1. The predicted octanol–water partition coefficient (Wildman–Crippen LogP) is 3.05. The van der Waals surface area contributed by atoms with Crippen molar-refractivity contribution in [3.05, 3.63) is 0 Å². The van der Waals surface area contributed by atoms with E-state index in [1.54, 1.807) is 0 Å². The van der Waals surface area contributed by atoms with Crippen LogP contribution >= 0.6 is 11.6 Å². The number of nitrogens with one attached hydrogen (secondary N) is 1. The van der Waals surface area contributed by atoms with Gasteiger partial charge < -0.3 is 10.1 Å². The van der Waals surface area contributed by atoms with Gasteiger partial charge in [0.2, 0.25) is 0 Å². The summed E-state index contributed by atoms with van der Waals surface area (Å²) < 4.78 is 5.26. The van der Waals surface area contributed by atoms with E-state index < -0.39 is 0 Å². The molecule has 0 aromatic heterocycles. The fourth-order valence-corrected chi connectivity index (χ4v) is 2.12. The largest absolute Gasteiger partial charge is 0.382 e. The van der Waals surface area contributed by atoms with E-state index >= 15 is 0 Å². The summed E-state index contributed by atoms with van der Waals surface area (Å²) in [4.78, 5) is 0. The Morgan fingerprint density at radius 1 is 1.20 bits per heavy atom. The molecule has 0 rings (SSSR count). The van der Waals surface area contributed by atoms with E-state index in [1.165, 1.54) is 12.8 Å². The third-order valence-corrected chi connectivity index (χ3v) is 3.26. The highest BCUT2D eigenvalue weighted by molar-refractivity contribution is 6.21. The third kappa shape index (κ3) is 8.06.